The molecule has 3 rings (SSSR count). The fourth-order valence-corrected chi connectivity index (χ4v) is 4.90. The van der Waals surface area contributed by atoms with E-state index in [1.807, 2.05) is 0 Å². The van der Waals surface area contributed by atoms with Crippen LogP contribution in [0.2, 0.25) is 0 Å². The summed E-state index contributed by atoms with van der Waals surface area (Å²) in [5.74, 6) is 0.585. The molecule has 2 heteroatoms. The summed E-state index contributed by atoms with van der Waals surface area (Å²) in [6, 6.07) is 9.72. The van der Waals surface area contributed by atoms with Crippen molar-refractivity contribution in [3.05, 3.63) is 35.4 Å². The number of hydrogen-bond acceptors (Lipinski definition) is 2. The number of ether oxygens (including phenoxy) is 1. The van der Waals surface area contributed by atoms with Gasteiger partial charge in [0, 0.05) is 12.0 Å². The second-order valence-electron chi connectivity index (χ2n) is 8.02. The number of benzene rings is 1. The Morgan fingerprint density at radius 1 is 0.960 bits per heavy atom. The van der Waals surface area contributed by atoms with Crippen molar-refractivity contribution in [1.82, 2.24) is 4.90 Å². The highest BCUT2D eigenvalue weighted by Crippen LogP contribution is 2.43. The van der Waals surface area contributed by atoms with Gasteiger partial charge in [-0.2, -0.15) is 0 Å². The van der Waals surface area contributed by atoms with Crippen LogP contribution in [0.25, 0.3) is 0 Å². The molecule has 0 bridgehead atoms. The van der Waals surface area contributed by atoms with E-state index in [-0.39, 0.29) is 0 Å². The Morgan fingerprint density at radius 2 is 1.68 bits per heavy atom. The van der Waals surface area contributed by atoms with Gasteiger partial charge in [-0.15, -0.1) is 0 Å². The molecular weight excluding hydrogens is 306 g/mol. The van der Waals surface area contributed by atoms with Gasteiger partial charge >= 0.3 is 0 Å². The normalized spacial score (nSPS) is 25.6. The maximum atomic E-state index is 6.31. The number of rotatable bonds is 9. The van der Waals surface area contributed by atoms with E-state index in [0.29, 0.717) is 18.1 Å². The molecule has 3 unspecified atom stereocenters. The van der Waals surface area contributed by atoms with E-state index in [1.54, 1.807) is 5.56 Å². The molecule has 1 heterocycles. The van der Waals surface area contributed by atoms with E-state index in [2.05, 4.69) is 43.0 Å². The minimum Gasteiger partial charge on any atom is -0.373 e. The Balaban J connectivity index is 1.78. The van der Waals surface area contributed by atoms with Crippen LogP contribution in [0.4, 0.5) is 0 Å². The van der Waals surface area contributed by atoms with Gasteiger partial charge in [-0.05, 0) is 56.3 Å². The van der Waals surface area contributed by atoms with Gasteiger partial charge in [0.15, 0.2) is 0 Å². The van der Waals surface area contributed by atoms with Crippen LogP contribution in [0.3, 0.4) is 0 Å². The predicted molar refractivity (Wildman–Crippen MR) is 106 cm³/mol. The second-order valence-corrected chi connectivity index (χ2v) is 8.02. The summed E-state index contributed by atoms with van der Waals surface area (Å²) in [6.45, 7) is 7.98. The molecule has 1 aliphatic heterocycles. The van der Waals surface area contributed by atoms with Crippen LogP contribution in [0, 0.1) is 0 Å². The highest BCUT2D eigenvalue weighted by molar-refractivity contribution is 5.34. The van der Waals surface area contributed by atoms with Gasteiger partial charge in [-0.1, -0.05) is 63.8 Å². The summed E-state index contributed by atoms with van der Waals surface area (Å²) in [5.41, 5.74) is 3.01. The van der Waals surface area contributed by atoms with Gasteiger partial charge < -0.3 is 4.74 Å². The third kappa shape index (κ3) is 4.65. The Morgan fingerprint density at radius 3 is 2.40 bits per heavy atom. The van der Waals surface area contributed by atoms with Gasteiger partial charge in [-0.3, -0.25) is 4.90 Å². The molecule has 0 saturated heterocycles. The van der Waals surface area contributed by atoms with Crippen molar-refractivity contribution in [2.24, 2.45) is 0 Å². The summed E-state index contributed by atoms with van der Waals surface area (Å²) in [6.07, 6.45) is 12.4. The van der Waals surface area contributed by atoms with Crippen LogP contribution < -0.4 is 0 Å². The molecule has 1 aromatic carbocycles. The Hall–Kier alpha value is -0.860. The Bertz CT molecular complexity index is 505. The highest BCUT2D eigenvalue weighted by atomic mass is 16.5. The molecule has 0 aromatic heterocycles. The molecule has 1 aromatic rings. The lowest BCUT2D eigenvalue weighted by molar-refractivity contribution is -0.0427. The van der Waals surface area contributed by atoms with Crippen molar-refractivity contribution >= 4 is 0 Å². The van der Waals surface area contributed by atoms with Crippen molar-refractivity contribution in [2.75, 3.05) is 13.1 Å². The van der Waals surface area contributed by atoms with E-state index in [4.69, 9.17) is 4.74 Å². The predicted octanol–water partition coefficient (Wildman–Crippen LogP) is 5.90. The van der Waals surface area contributed by atoms with E-state index >= 15 is 0 Å². The third-order valence-corrected chi connectivity index (χ3v) is 6.24. The smallest absolute Gasteiger partial charge is 0.0723 e. The zero-order chi connectivity index (χ0) is 17.5. The van der Waals surface area contributed by atoms with E-state index in [0.717, 1.165) is 6.61 Å². The lowest BCUT2D eigenvalue weighted by Crippen LogP contribution is -2.49. The maximum Gasteiger partial charge on any atom is 0.0723 e. The number of fused-ring (bicyclic) bond motifs is 3. The van der Waals surface area contributed by atoms with E-state index in [9.17, 15) is 0 Å². The van der Waals surface area contributed by atoms with Crippen LogP contribution in [0.5, 0.6) is 0 Å². The van der Waals surface area contributed by atoms with Crippen LogP contribution in [0.15, 0.2) is 24.3 Å². The molecule has 0 spiro atoms. The molecule has 25 heavy (non-hydrogen) atoms. The van der Waals surface area contributed by atoms with Crippen molar-refractivity contribution in [3.8, 4) is 0 Å². The van der Waals surface area contributed by atoms with Crippen molar-refractivity contribution in [2.45, 2.75) is 96.3 Å². The van der Waals surface area contributed by atoms with Crippen LogP contribution in [0.1, 0.15) is 88.7 Å². The van der Waals surface area contributed by atoms with Crippen molar-refractivity contribution < 1.29 is 4.74 Å². The van der Waals surface area contributed by atoms with Crippen molar-refractivity contribution in [3.63, 3.8) is 0 Å². The molecular formula is C23H37NO. The number of hydrogen-bond donors (Lipinski definition) is 0. The minimum absolute atomic E-state index is 0.438. The average Bonchev–Trinajstić information content (AvgIpc) is 2.66. The fraction of sp³-hybridized carbons (Fsp3) is 0.739. The largest absolute Gasteiger partial charge is 0.373 e. The first kappa shape index (κ1) is 18.9. The Kier molecular flexibility index (Phi) is 7.36. The molecule has 3 atom stereocenters. The molecule has 1 saturated carbocycles. The van der Waals surface area contributed by atoms with E-state index in [1.165, 1.54) is 76.4 Å². The molecule has 2 aliphatic rings. The van der Waals surface area contributed by atoms with Crippen LogP contribution in [-0.4, -0.2) is 30.1 Å². The van der Waals surface area contributed by atoms with Crippen LogP contribution >= 0.6 is 0 Å². The minimum atomic E-state index is 0.438. The van der Waals surface area contributed by atoms with Gasteiger partial charge in [-0.25, -0.2) is 0 Å². The SMILES string of the molecule is CCCCCN(CCCCC)C1CCCC2OCc3ccccc3C21. The maximum absolute atomic E-state index is 6.31. The lowest BCUT2D eigenvalue weighted by atomic mass is 9.74. The summed E-state index contributed by atoms with van der Waals surface area (Å²) in [4.78, 5) is 2.84. The summed E-state index contributed by atoms with van der Waals surface area (Å²) < 4.78 is 6.31. The molecule has 140 valence electrons. The van der Waals surface area contributed by atoms with Gasteiger partial charge in [0.25, 0.3) is 0 Å². The summed E-state index contributed by atoms with van der Waals surface area (Å²) in [7, 11) is 0. The van der Waals surface area contributed by atoms with Gasteiger partial charge in [0.2, 0.25) is 0 Å². The molecule has 2 nitrogen and oxygen atoms in total. The third-order valence-electron chi connectivity index (χ3n) is 6.24. The monoisotopic (exact) mass is 343 g/mol. The molecule has 0 amide bonds. The first-order valence-electron chi connectivity index (χ1n) is 10.8. The Labute approximate surface area is 154 Å². The molecule has 0 radical (unpaired) electrons. The first-order chi connectivity index (χ1) is 12.3. The molecule has 0 N–H and O–H groups in total. The van der Waals surface area contributed by atoms with Gasteiger partial charge in [0.05, 0.1) is 12.7 Å². The van der Waals surface area contributed by atoms with Crippen molar-refractivity contribution in [1.29, 1.82) is 0 Å². The zero-order valence-corrected chi connectivity index (χ0v) is 16.4. The first-order valence-corrected chi connectivity index (χ1v) is 10.8. The summed E-state index contributed by atoms with van der Waals surface area (Å²) >= 11 is 0. The number of unbranched alkanes of at least 4 members (excludes halogenated alkanes) is 4. The molecule has 1 aliphatic carbocycles. The lowest BCUT2D eigenvalue weighted by Gasteiger charge is -2.47. The van der Waals surface area contributed by atoms with Gasteiger partial charge in [0.1, 0.15) is 0 Å². The van der Waals surface area contributed by atoms with Crippen LogP contribution in [-0.2, 0) is 11.3 Å². The molecule has 1 fully saturated rings. The fourth-order valence-electron chi connectivity index (χ4n) is 4.90. The van der Waals surface area contributed by atoms with E-state index < -0.39 is 0 Å². The quantitative estimate of drug-likeness (QED) is 0.517. The topological polar surface area (TPSA) is 12.5 Å². The zero-order valence-electron chi connectivity index (χ0n) is 16.4. The standard InChI is InChI=1S/C23H37NO/c1-3-5-9-16-24(17-10-6-4-2)21-14-11-15-22-23(21)20-13-8-7-12-19(20)18-25-22/h7-8,12-13,21-23H,3-6,9-11,14-18H2,1-2H3. The number of nitrogens with zero attached hydrogens (tertiary/aromatic N) is 1. The highest BCUT2D eigenvalue weighted by Gasteiger charge is 2.41. The average molecular weight is 344 g/mol. The second kappa shape index (κ2) is 9.73. The summed E-state index contributed by atoms with van der Waals surface area (Å²) in [5, 5.41) is 0.